The van der Waals surface area contributed by atoms with Gasteiger partial charge >= 0.3 is 0 Å². The Morgan fingerprint density at radius 1 is 1.42 bits per heavy atom. The van der Waals surface area contributed by atoms with E-state index >= 15 is 0 Å². The molecule has 1 atom stereocenters. The summed E-state index contributed by atoms with van der Waals surface area (Å²) in [6.45, 7) is 3.24. The molecule has 2 heterocycles. The minimum absolute atomic E-state index is 0.317. The number of anilines is 2. The second-order valence-corrected chi connectivity index (χ2v) is 6.94. The molecule has 2 aromatic rings. The van der Waals surface area contributed by atoms with Crippen molar-refractivity contribution in [3.05, 3.63) is 24.5 Å². The summed E-state index contributed by atoms with van der Waals surface area (Å²) in [5, 5.41) is 4.46. The summed E-state index contributed by atoms with van der Waals surface area (Å²) >= 11 is 2.04. The molecule has 3 rings (SSSR count). The van der Waals surface area contributed by atoms with Crippen LogP contribution in [0.4, 0.5) is 11.5 Å². The lowest BCUT2D eigenvalue weighted by Gasteiger charge is -2.23. The smallest absolute Gasteiger partial charge is 0.137 e. The molecule has 1 aromatic heterocycles. The summed E-state index contributed by atoms with van der Waals surface area (Å²) in [5.74, 6) is 2.14. The molecule has 0 radical (unpaired) electrons. The van der Waals surface area contributed by atoms with Gasteiger partial charge in [0.25, 0.3) is 0 Å². The maximum atomic E-state index is 5.85. The normalized spacial score (nSPS) is 22.8. The van der Waals surface area contributed by atoms with Crippen molar-refractivity contribution < 1.29 is 0 Å². The quantitative estimate of drug-likeness (QED) is 0.843. The second-order valence-electron chi connectivity index (χ2n) is 5.25. The Balaban J connectivity index is 1.86. The third-order valence-corrected chi connectivity index (χ3v) is 5.13. The SMILES string of the molecule is CC1(CNc2ncnc3ccc(N)cc23)CCCS1. The highest BCUT2D eigenvalue weighted by molar-refractivity contribution is 8.00. The second kappa shape index (κ2) is 4.89. The van der Waals surface area contributed by atoms with Crippen LogP contribution in [-0.2, 0) is 0 Å². The number of benzene rings is 1. The van der Waals surface area contributed by atoms with Crippen molar-refractivity contribution in [2.45, 2.75) is 24.5 Å². The van der Waals surface area contributed by atoms with E-state index in [9.17, 15) is 0 Å². The Morgan fingerprint density at radius 3 is 3.11 bits per heavy atom. The Labute approximate surface area is 117 Å². The van der Waals surface area contributed by atoms with E-state index in [4.69, 9.17) is 5.73 Å². The number of hydrogen-bond acceptors (Lipinski definition) is 5. The number of nitrogen functional groups attached to an aromatic ring is 1. The molecule has 1 fully saturated rings. The fraction of sp³-hybridized carbons (Fsp3) is 0.429. The van der Waals surface area contributed by atoms with Crippen LogP contribution in [-0.4, -0.2) is 27.0 Å². The van der Waals surface area contributed by atoms with Crippen molar-refractivity contribution >= 4 is 34.2 Å². The fourth-order valence-electron chi connectivity index (χ4n) is 2.46. The van der Waals surface area contributed by atoms with Gasteiger partial charge in [0.05, 0.1) is 5.52 Å². The lowest BCUT2D eigenvalue weighted by Crippen LogP contribution is -2.27. The van der Waals surface area contributed by atoms with Crippen molar-refractivity contribution in [1.82, 2.24) is 9.97 Å². The van der Waals surface area contributed by atoms with E-state index in [1.54, 1.807) is 6.33 Å². The van der Waals surface area contributed by atoms with Crippen molar-refractivity contribution in [2.75, 3.05) is 23.3 Å². The largest absolute Gasteiger partial charge is 0.399 e. The predicted octanol–water partition coefficient (Wildman–Crippen LogP) is 2.91. The summed E-state index contributed by atoms with van der Waals surface area (Å²) in [6.07, 6.45) is 4.17. The first-order chi connectivity index (χ1) is 9.16. The highest BCUT2D eigenvalue weighted by Gasteiger charge is 2.29. The molecule has 5 heteroatoms. The number of fused-ring (bicyclic) bond motifs is 1. The van der Waals surface area contributed by atoms with Crippen LogP contribution in [0.1, 0.15) is 19.8 Å². The highest BCUT2D eigenvalue weighted by atomic mass is 32.2. The lowest BCUT2D eigenvalue weighted by molar-refractivity contribution is 0.634. The van der Waals surface area contributed by atoms with Gasteiger partial charge in [-0.25, -0.2) is 9.97 Å². The van der Waals surface area contributed by atoms with E-state index in [1.807, 2.05) is 30.0 Å². The van der Waals surface area contributed by atoms with Gasteiger partial charge in [-0.2, -0.15) is 11.8 Å². The fourth-order valence-corrected chi connectivity index (χ4v) is 3.71. The Morgan fingerprint density at radius 2 is 2.32 bits per heavy atom. The number of rotatable bonds is 3. The average Bonchev–Trinajstić information content (AvgIpc) is 2.84. The molecule has 100 valence electrons. The van der Waals surface area contributed by atoms with Gasteiger partial charge in [-0.3, -0.25) is 0 Å². The summed E-state index contributed by atoms with van der Waals surface area (Å²) in [4.78, 5) is 8.62. The molecular weight excluding hydrogens is 256 g/mol. The van der Waals surface area contributed by atoms with Gasteiger partial charge in [0, 0.05) is 22.4 Å². The first kappa shape index (κ1) is 12.5. The molecule has 0 amide bonds. The summed E-state index contributed by atoms with van der Waals surface area (Å²) < 4.78 is 0.317. The summed E-state index contributed by atoms with van der Waals surface area (Å²) in [7, 11) is 0. The number of aromatic nitrogens is 2. The highest BCUT2D eigenvalue weighted by Crippen LogP contribution is 2.37. The molecule has 4 nitrogen and oxygen atoms in total. The number of hydrogen-bond donors (Lipinski definition) is 2. The van der Waals surface area contributed by atoms with Gasteiger partial charge in [-0.15, -0.1) is 0 Å². The molecule has 19 heavy (non-hydrogen) atoms. The van der Waals surface area contributed by atoms with Crippen LogP contribution >= 0.6 is 11.8 Å². The van der Waals surface area contributed by atoms with Crippen molar-refractivity contribution in [3.8, 4) is 0 Å². The van der Waals surface area contributed by atoms with Crippen molar-refractivity contribution in [1.29, 1.82) is 0 Å². The van der Waals surface area contributed by atoms with Crippen LogP contribution in [0.3, 0.4) is 0 Å². The van der Waals surface area contributed by atoms with Gasteiger partial charge in [0.2, 0.25) is 0 Å². The molecule has 3 N–H and O–H groups in total. The van der Waals surface area contributed by atoms with Gasteiger partial charge in [0.1, 0.15) is 12.1 Å². The average molecular weight is 274 g/mol. The van der Waals surface area contributed by atoms with Crippen LogP contribution in [0.5, 0.6) is 0 Å². The third-order valence-electron chi connectivity index (χ3n) is 3.59. The van der Waals surface area contributed by atoms with Crippen LogP contribution in [0.25, 0.3) is 10.9 Å². The van der Waals surface area contributed by atoms with Gasteiger partial charge in [-0.05, 0) is 43.7 Å². The minimum Gasteiger partial charge on any atom is -0.399 e. The van der Waals surface area contributed by atoms with Crippen molar-refractivity contribution in [3.63, 3.8) is 0 Å². The van der Waals surface area contributed by atoms with Gasteiger partial charge < -0.3 is 11.1 Å². The Bertz CT molecular complexity index is 593. The molecule has 1 unspecified atom stereocenters. The number of nitrogens with zero attached hydrogens (tertiary/aromatic N) is 2. The predicted molar refractivity (Wildman–Crippen MR) is 82.5 cm³/mol. The molecule has 1 aliphatic heterocycles. The molecule has 0 saturated carbocycles. The first-order valence-corrected chi connectivity index (χ1v) is 7.53. The topological polar surface area (TPSA) is 63.8 Å². The zero-order chi connectivity index (χ0) is 13.3. The van der Waals surface area contributed by atoms with Crippen LogP contribution < -0.4 is 11.1 Å². The van der Waals surface area contributed by atoms with E-state index in [1.165, 1.54) is 18.6 Å². The van der Waals surface area contributed by atoms with Crippen LogP contribution in [0.2, 0.25) is 0 Å². The summed E-state index contributed by atoms with van der Waals surface area (Å²) in [6, 6.07) is 5.73. The standard InChI is InChI=1S/C14H18N4S/c1-14(5-2-6-19-14)8-16-13-11-7-10(15)3-4-12(11)17-9-18-13/h3-4,7,9H,2,5-6,8,15H2,1H3,(H,16,17,18). The Kier molecular flexibility index (Phi) is 3.22. The van der Waals surface area contributed by atoms with Crippen molar-refractivity contribution in [2.24, 2.45) is 0 Å². The van der Waals surface area contributed by atoms with Gasteiger partial charge in [-0.1, -0.05) is 0 Å². The monoisotopic (exact) mass is 274 g/mol. The van der Waals surface area contributed by atoms with E-state index in [2.05, 4.69) is 22.2 Å². The zero-order valence-electron chi connectivity index (χ0n) is 11.0. The maximum absolute atomic E-state index is 5.85. The minimum atomic E-state index is 0.317. The summed E-state index contributed by atoms with van der Waals surface area (Å²) in [5.41, 5.74) is 7.52. The van der Waals surface area contributed by atoms with Gasteiger partial charge in [0.15, 0.2) is 0 Å². The molecule has 0 aliphatic carbocycles. The Hall–Kier alpha value is -1.49. The number of nitrogens with one attached hydrogen (secondary N) is 1. The number of nitrogens with two attached hydrogens (primary N) is 1. The lowest BCUT2D eigenvalue weighted by atomic mass is 10.1. The number of thioether (sulfide) groups is 1. The molecule has 1 saturated heterocycles. The van der Waals surface area contributed by atoms with Crippen LogP contribution in [0, 0.1) is 0 Å². The third kappa shape index (κ3) is 2.61. The molecule has 1 aliphatic rings. The molecule has 0 spiro atoms. The molecular formula is C14H18N4S. The van der Waals surface area contributed by atoms with E-state index in [0.717, 1.165) is 29.0 Å². The molecule has 0 bridgehead atoms. The molecule has 1 aromatic carbocycles. The zero-order valence-corrected chi connectivity index (χ0v) is 11.8. The van der Waals surface area contributed by atoms with E-state index in [-0.39, 0.29) is 0 Å². The maximum Gasteiger partial charge on any atom is 0.137 e. The first-order valence-electron chi connectivity index (χ1n) is 6.54. The van der Waals surface area contributed by atoms with E-state index < -0.39 is 0 Å². The van der Waals surface area contributed by atoms with Crippen LogP contribution in [0.15, 0.2) is 24.5 Å². The van der Waals surface area contributed by atoms with E-state index in [0.29, 0.717) is 4.75 Å².